The quantitative estimate of drug-likeness (QED) is 0.153. The van der Waals surface area contributed by atoms with Gasteiger partial charge in [-0.3, -0.25) is 9.69 Å². The Morgan fingerprint density at radius 3 is 1.64 bits per heavy atom. The van der Waals surface area contributed by atoms with Crippen LogP contribution in [0.25, 0.3) is 0 Å². The highest BCUT2D eigenvalue weighted by molar-refractivity contribution is 8.00. The van der Waals surface area contributed by atoms with Gasteiger partial charge in [0, 0.05) is 11.8 Å². The molecule has 1 amide bonds. The summed E-state index contributed by atoms with van der Waals surface area (Å²) in [5.41, 5.74) is 4.20. The van der Waals surface area contributed by atoms with E-state index >= 15 is 0 Å². The zero-order chi connectivity index (χ0) is 27.5. The molecule has 0 heterocycles. The predicted molar refractivity (Wildman–Crippen MR) is 157 cm³/mol. The largest absolute Gasteiger partial charge is 0.480 e. The van der Waals surface area contributed by atoms with Crippen molar-refractivity contribution in [3.05, 3.63) is 156 Å². The fourth-order valence-corrected chi connectivity index (χ4v) is 6.39. The number of amides is 1. The van der Waals surface area contributed by atoms with E-state index in [4.69, 9.17) is 4.74 Å². The first-order valence-corrected chi connectivity index (χ1v) is 13.6. The van der Waals surface area contributed by atoms with Crippen LogP contribution in [0, 0.1) is 0 Å². The summed E-state index contributed by atoms with van der Waals surface area (Å²) in [5.74, 6) is -1.11. The van der Waals surface area contributed by atoms with Crippen LogP contribution in [0.15, 0.2) is 134 Å². The van der Waals surface area contributed by atoms with Crippen LogP contribution in [0.3, 0.4) is 0 Å². The van der Waals surface area contributed by atoms with Crippen molar-refractivity contribution in [1.29, 1.82) is 0 Å². The maximum atomic E-state index is 13.0. The molecule has 1 unspecified atom stereocenters. The van der Waals surface area contributed by atoms with Gasteiger partial charge >= 0.3 is 12.1 Å². The maximum absolute atomic E-state index is 13.0. The highest BCUT2D eigenvalue weighted by Gasteiger charge is 2.40. The molecule has 39 heavy (non-hydrogen) atoms. The van der Waals surface area contributed by atoms with Crippen LogP contribution in [0.2, 0.25) is 0 Å². The minimum absolute atomic E-state index is 0.0000818. The third kappa shape index (κ3) is 6.78. The first kappa shape index (κ1) is 27.7. The van der Waals surface area contributed by atoms with E-state index < -0.39 is 23.4 Å². The molecule has 198 valence electrons. The standard InChI is InChI=1S/C33H31NO4S/c1-2-23-38-32(37)34(25-31(35)36)24-30(26-15-7-3-8-16-26)39-33(27-17-9-4-10-18-27,28-19-11-5-12-20-28)29-21-13-6-14-22-29/h2-22,30H,1,23-25H2,(H,35,36). The lowest BCUT2D eigenvalue weighted by Gasteiger charge is -2.39. The van der Waals surface area contributed by atoms with Crippen molar-refractivity contribution in [2.24, 2.45) is 0 Å². The molecule has 1 N–H and O–H groups in total. The third-order valence-electron chi connectivity index (χ3n) is 6.33. The Morgan fingerprint density at radius 1 is 0.795 bits per heavy atom. The van der Waals surface area contributed by atoms with Gasteiger partial charge in [-0.05, 0) is 22.3 Å². The van der Waals surface area contributed by atoms with Gasteiger partial charge in [-0.25, -0.2) is 4.79 Å². The van der Waals surface area contributed by atoms with Crippen molar-refractivity contribution in [1.82, 2.24) is 4.90 Å². The van der Waals surface area contributed by atoms with Gasteiger partial charge in [0.25, 0.3) is 0 Å². The number of hydrogen-bond donors (Lipinski definition) is 1. The van der Waals surface area contributed by atoms with Crippen molar-refractivity contribution in [3.8, 4) is 0 Å². The molecule has 0 saturated heterocycles. The molecule has 0 aliphatic heterocycles. The number of carboxylic acid groups (broad SMARTS) is 1. The Labute approximate surface area is 233 Å². The smallest absolute Gasteiger partial charge is 0.410 e. The predicted octanol–water partition coefficient (Wildman–Crippen LogP) is 7.16. The van der Waals surface area contributed by atoms with Crippen LogP contribution >= 0.6 is 11.8 Å². The van der Waals surface area contributed by atoms with Crippen molar-refractivity contribution in [3.63, 3.8) is 0 Å². The molecule has 6 heteroatoms. The summed E-state index contributed by atoms with van der Waals surface area (Å²) in [6, 6.07) is 40.7. The molecular formula is C33H31NO4S. The lowest BCUT2D eigenvalue weighted by Crippen LogP contribution is -2.39. The molecule has 4 aromatic rings. The van der Waals surface area contributed by atoms with E-state index in [-0.39, 0.29) is 18.4 Å². The van der Waals surface area contributed by atoms with E-state index in [0.717, 1.165) is 22.3 Å². The molecule has 0 aliphatic rings. The summed E-state index contributed by atoms with van der Waals surface area (Å²) >= 11 is 1.68. The number of thioether (sulfide) groups is 1. The Balaban J connectivity index is 1.89. The topological polar surface area (TPSA) is 66.8 Å². The first-order chi connectivity index (χ1) is 19.0. The first-order valence-electron chi connectivity index (χ1n) is 12.7. The third-order valence-corrected chi connectivity index (χ3v) is 8.09. The lowest BCUT2D eigenvalue weighted by molar-refractivity contribution is -0.138. The van der Waals surface area contributed by atoms with Gasteiger partial charge in [0.1, 0.15) is 13.2 Å². The fourth-order valence-electron chi connectivity index (χ4n) is 4.60. The summed E-state index contributed by atoms with van der Waals surface area (Å²) in [6.45, 7) is 3.25. The van der Waals surface area contributed by atoms with E-state index in [1.54, 1.807) is 11.8 Å². The molecule has 0 aliphatic carbocycles. The van der Waals surface area contributed by atoms with Gasteiger partial charge in [0.05, 0.1) is 4.75 Å². The monoisotopic (exact) mass is 537 g/mol. The molecule has 0 bridgehead atoms. The van der Waals surface area contributed by atoms with Crippen LogP contribution in [-0.4, -0.2) is 41.8 Å². The van der Waals surface area contributed by atoms with Gasteiger partial charge in [-0.1, -0.05) is 134 Å². The number of ether oxygens (including phenoxy) is 1. The second kappa shape index (κ2) is 13.5. The average molecular weight is 538 g/mol. The SMILES string of the molecule is C=CCOC(=O)N(CC(=O)O)CC(SC(c1ccccc1)(c1ccccc1)c1ccccc1)c1ccccc1. The van der Waals surface area contributed by atoms with Gasteiger partial charge in [0.2, 0.25) is 0 Å². The normalized spacial score (nSPS) is 11.8. The average Bonchev–Trinajstić information content (AvgIpc) is 2.99. The summed E-state index contributed by atoms with van der Waals surface area (Å²) in [6.07, 6.45) is 0.773. The Morgan fingerprint density at radius 2 is 1.23 bits per heavy atom. The highest BCUT2D eigenvalue weighted by Crippen LogP contribution is 2.54. The maximum Gasteiger partial charge on any atom is 0.410 e. The van der Waals surface area contributed by atoms with Gasteiger partial charge in [-0.2, -0.15) is 0 Å². The summed E-state index contributed by atoms with van der Waals surface area (Å²) in [7, 11) is 0. The molecule has 4 rings (SSSR count). The summed E-state index contributed by atoms with van der Waals surface area (Å²) in [4.78, 5) is 26.0. The van der Waals surface area contributed by atoms with E-state index in [0.29, 0.717) is 0 Å². The Bertz CT molecular complexity index is 1250. The molecule has 1 atom stereocenters. The van der Waals surface area contributed by atoms with Crippen LogP contribution in [0.5, 0.6) is 0 Å². The molecule has 0 saturated carbocycles. The molecule has 0 fully saturated rings. The minimum atomic E-state index is -1.11. The van der Waals surface area contributed by atoms with Crippen molar-refractivity contribution in [2.45, 2.75) is 10.00 Å². The molecule has 0 aromatic heterocycles. The van der Waals surface area contributed by atoms with Crippen LogP contribution < -0.4 is 0 Å². The van der Waals surface area contributed by atoms with Crippen LogP contribution in [0.4, 0.5) is 4.79 Å². The summed E-state index contributed by atoms with van der Waals surface area (Å²) < 4.78 is 4.61. The van der Waals surface area contributed by atoms with E-state index in [1.165, 1.54) is 11.0 Å². The molecule has 0 spiro atoms. The summed E-state index contributed by atoms with van der Waals surface area (Å²) in [5, 5.41) is 9.33. The number of carbonyl (C=O) groups excluding carboxylic acids is 1. The molecule has 5 nitrogen and oxygen atoms in total. The zero-order valence-corrected chi connectivity index (χ0v) is 22.4. The van der Waals surface area contributed by atoms with Crippen molar-refractivity contribution < 1.29 is 19.4 Å². The zero-order valence-electron chi connectivity index (χ0n) is 21.6. The Kier molecular flexibility index (Phi) is 9.59. The van der Waals surface area contributed by atoms with Crippen molar-refractivity contribution >= 4 is 23.8 Å². The second-order valence-electron chi connectivity index (χ2n) is 8.94. The number of aliphatic carboxylic acids is 1. The van der Waals surface area contributed by atoms with Gasteiger partial charge in [0.15, 0.2) is 0 Å². The van der Waals surface area contributed by atoms with E-state index in [9.17, 15) is 14.7 Å². The van der Waals surface area contributed by atoms with Gasteiger partial charge in [-0.15, -0.1) is 11.8 Å². The number of rotatable bonds is 12. The number of hydrogen-bond acceptors (Lipinski definition) is 4. The fraction of sp³-hybridized carbons (Fsp3) is 0.152. The van der Waals surface area contributed by atoms with E-state index in [1.807, 2.05) is 84.9 Å². The lowest BCUT2D eigenvalue weighted by atomic mass is 9.84. The molecular weight excluding hydrogens is 506 g/mol. The van der Waals surface area contributed by atoms with Crippen LogP contribution in [0.1, 0.15) is 27.5 Å². The number of benzene rings is 4. The van der Waals surface area contributed by atoms with Crippen LogP contribution in [-0.2, 0) is 14.3 Å². The van der Waals surface area contributed by atoms with Crippen molar-refractivity contribution in [2.75, 3.05) is 19.7 Å². The number of carboxylic acids is 1. The highest BCUT2D eigenvalue weighted by atomic mass is 32.2. The number of nitrogens with zero attached hydrogens (tertiary/aromatic N) is 1. The Hall–Kier alpha value is -4.29. The minimum Gasteiger partial charge on any atom is -0.480 e. The number of carbonyl (C=O) groups is 2. The van der Waals surface area contributed by atoms with E-state index in [2.05, 4.69) is 43.0 Å². The van der Waals surface area contributed by atoms with Gasteiger partial charge < -0.3 is 9.84 Å². The molecule has 4 aromatic carbocycles. The molecule has 0 radical (unpaired) electrons. The second-order valence-corrected chi connectivity index (χ2v) is 10.4.